The van der Waals surface area contributed by atoms with Crippen molar-refractivity contribution in [3.05, 3.63) is 35.9 Å². The fourth-order valence-corrected chi connectivity index (χ4v) is 1.94. The Balaban J connectivity index is 2.29. The van der Waals surface area contributed by atoms with E-state index < -0.39 is 30.2 Å². The van der Waals surface area contributed by atoms with Gasteiger partial charge >= 0.3 is 24.1 Å². The molecule has 1 aromatic carbocycles. The van der Waals surface area contributed by atoms with E-state index in [0.717, 1.165) is 5.56 Å². The second kappa shape index (κ2) is 10.3. The number of alkyl carbamates (subject to hydrolysis) is 1. The number of amides is 2. The van der Waals surface area contributed by atoms with Crippen molar-refractivity contribution in [1.29, 1.82) is 0 Å². The van der Waals surface area contributed by atoms with Gasteiger partial charge in [0.15, 0.2) is 0 Å². The third-order valence-electron chi connectivity index (χ3n) is 3.27. The van der Waals surface area contributed by atoms with Crippen LogP contribution < -0.4 is 10.6 Å². The highest BCUT2D eigenvalue weighted by Crippen LogP contribution is 2.14. The number of hydrogen-bond acceptors (Lipinski definition) is 4. The molecule has 0 spiro atoms. The first-order valence-corrected chi connectivity index (χ1v) is 7.75. The summed E-state index contributed by atoms with van der Waals surface area (Å²) in [6.07, 6.45) is -5.56. The summed E-state index contributed by atoms with van der Waals surface area (Å²) < 4.78 is 40.8. The summed E-state index contributed by atoms with van der Waals surface area (Å²) in [6, 6.07) is 7.54. The molecule has 144 valence electrons. The number of nitrogens with one attached hydrogen (secondary N) is 2. The largest absolute Gasteiger partial charge is 0.480 e. The Morgan fingerprint density at radius 3 is 2.35 bits per heavy atom. The van der Waals surface area contributed by atoms with E-state index in [9.17, 15) is 27.6 Å². The summed E-state index contributed by atoms with van der Waals surface area (Å²) in [5, 5.41) is 12.9. The van der Waals surface area contributed by atoms with Gasteiger partial charge in [0.05, 0.1) is 0 Å². The predicted molar refractivity (Wildman–Crippen MR) is 84.1 cm³/mol. The molecular formula is C16H19F3N2O5. The Labute approximate surface area is 147 Å². The Bertz CT molecular complexity index is 608. The minimum absolute atomic E-state index is 0.0162. The molecule has 0 bridgehead atoms. The molecule has 0 aliphatic carbocycles. The van der Waals surface area contributed by atoms with Gasteiger partial charge in [-0.2, -0.15) is 13.2 Å². The average Bonchev–Trinajstić information content (AvgIpc) is 2.58. The van der Waals surface area contributed by atoms with E-state index >= 15 is 0 Å². The smallest absolute Gasteiger partial charge is 0.471 e. The summed E-state index contributed by atoms with van der Waals surface area (Å²) >= 11 is 0. The maximum atomic E-state index is 12.0. The summed E-state index contributed by atoms with van der Waals surface area (Å²) in [4.78, 5) is 33.4. The number of hydrogen-bond donors (Lipinski definition) is 3. The first-order valence-electron chi connectivity index (χ1n) is 7.75. The number of alkyl halides is 3. The fraction of sp³-hybridized carbons (Fsp3) is 0.438. The maximum Gasteiger partial charge on any atom is 0.471 e. The highest BCUT2D eigenvalue weighted by molar-refractivity contribution is 5.81. The van der Waals surface area contributed by atoms with Crippen LogP contribution in [0.15, 0.2) is 30.3 Å². The molecule has 26 heavy (non-hydrogen) atoms. The first-order chi connectivity index (χ1) is 12.2. The summed E-state index contributed by atoms with van der Waals surface area (Å²) in [5.41, 5.74) is 0.731. The van der Waals surface area contributed by atoms with Crippen molar-refractivity contribution in [3.8, 4) is 0 Å². The molecule has 0 radical (unpaired) electrons. The van der Waals surface area contributed by atoms with E-state index in [1.165, 1.54) is 0 Å². The summed E-state index contributed by atoms with van der Waals surface area (Å²) in [5.74, 6) is -3.34. The molecule has 1 atom stereocenters. The molecule has 0 unspecified atom stereocenters. The number of carboxylic acid groups (broad SMARTS) is 1. The van der Waals surface area contributed by atoms with Gasteiger partial charge in [0.1, 0.15) is 12.6 Å². The Morgan fingerprint density at radius 2 is 1.77 bits per heavy atom. The van der Waals surface area contributed by atoms with Crippen LogP contribution in [-0.4, -0.2) is 41.8 Å². The number of carbonyl (C=O) groups excluding carboxylic acids is 2. The highest BCUT2D eigenvalue weighted by atomic mass is 19.4. The second-order valence-corrected chi connectivity index (χ2v) is 5.35. The highest BCUT2D eigenvalue weighted by Gasteiger charge is 2.38. The van der Waals surface area contributed by atoms with Crippen molar-refractivity contribution in [3.63, 3.8) is 0 Å². The van der Waals surface area contributed by atoms with Crippen LogP contribution in [0.1, 0.15) is 24.8 Å². The molecule has 3 N–H and O–H groups in total. The van der Waals surface area contributed by atoms with Gasteiger partial charge in [-0.3, -0.25) is 4.79 Å². The first kappa shape index (κ1) is 21.3. The molecule has 1 aromatic rings. The SMILES string of the molecule is O=C(N[C@H](CCCCNC(=O)C(F)(F)F)C(=O)O)OCc1ccccc1. The predicted octanol–water partition coefficient (Wildman–Crippen LogP) is 2.21. The number of unbranched alkanes of at least 4 members (excludes halogenated alkanes) is 1. The van der Waals surface area contributed by atoms with E-state index in [1.807, 2.05) is 0 Å². The third kappa shape index (κ3) is 8.36. The lowest BCUT2D eigenvalue weighted by Gasteiger charge is -2.15. The van der Waals surface area contributed by atoms with Crippen LogP contribution in [0.2, 0.25) is 0 Å². The van der Waals surface area contributed by atoms with E-state index in [4.69, 9.17) is 9.84 Å². The lowest BCUT2D eigenvalue weighted by molar-refractivity contribution is -0.173. The van der Waals surface area contributed by atoms with Crippen LogP contribution >= 0.6 is 0 Å². The zero-order valence-electron chi connectivity index (χ0n) is 13.7. The van der Waals surface area contributed by atoms with E-state index in [-0.39, 0.29) is 32.4 Å². The van der Waals surface area contributed by atoms with Gasteiger partial charge in [-0.05, 0) is 24.8 Å². The molecule has 0 fully saturated rings. The van der Waals surface area contributed by atoms with Crippen molar-refractivity contribution < 1.29 is 37.4 Å². The summed E-state index contributed by atoms with van der Waals surface area (Å²) in [6.45, 7) is -0.272. The number of benzene rings is 1. The molecule has 0 aromatic heterocycles. The molecule has 10 heteroatoms. The molecular weight excluding hydrogens is 357 g/mol. The topological polar surface area (TPSA) is 105 Å². The number of halogens is 3. The number of rotatable bonds is 9. The molecule has 0 aliphatic heterocycles. The molecule has 7 nitrogen and oxygen atoms in total. The third-order valence-corrected chi connectivity index (χ3v) is 3.27. The average molecular weight is 376 g/mol. The number of ether oxygens (including phenoxy) is 1. The van der Waals surface area contributed by atoms with Crippen molar-refractivity contribution in [2.75, 3.05) is 6.54 Å². The van der Waals surface area contributed by atoms with Crippen LogP contribution in [0, 0.1) is 0 Å². The minimum atomic E-state index is -4.95. The van der Waals surface area contributed by atoms with Crippen molar-refractivity contribution in [1.82, 2.24) is 10.6 Å². The number of carboxylic acids is 1. The molecule has 1 rings (SSSR count). The normalized spacial score (nSPS) is 12.1. The fourth-order valence-electron chi connectivity index (χ4n) is 1.94. The zero-order chi connectivity index (χ0) is 19.6. The molecule has 0 aliphatic rings. The van der Waals surface area contributed by atoms with Gasteiger partial charge in [-0.1, -0.05) is 30.3 Å². The van der Waals surface area contributed by atoms with Gasteiger partial charge in [-0.15, -0.1) is 0 Å². The molecule has 0 heterocycles. The van der Waals surface area contributed by atoms with Gasteiger partial charge < -0.3 is 20.5 Å². The molecule has 2 amide bonds. The van der Waals surface area contributed by atoms with Gasteiger partial charge in [0, 0.05) is 6.54 Å². The van der Waals surface area contributed by atoms with Crippen LogP contribution in [0.5, 0.6) is 0 Å². The molecule has 0 saturated heterocycles. The van der Waals surface area contributed by atoms with E-state index in [2.05, 4.69) is 5.32 Å². The van der Waals surface area contributed by atoms with Crippen LogP contribution in [0.4, 0.5) is 18.0 Å². The summed E-state index contributed by atoms with van der Waals surface area (Å²) in [7, 11) is 0. The number of carbonyl (C=O) groups is 3. The lowest BCUT2D eigenvalue weighted by atomic mass is 10.1. The van der Waals surface area contributed by atoms with E-state index in [0.29, 0.717) is 0 Å². The Kier molecular flexibility index (Phi) is 8.40. The molecule has 0 saturated carbocycles. The minimum Gasteiger partial charge on any atom is -0.480 e. The standard InChI is InChI=1S/C16H19F3N2O5/c17-16(18,19)14(24)20-9-5-4-8-12(13(22)23)21-15(25)26-10-11-6-2-1-3-7-11/h1-3,6-7,12H,4-5,8-10H2,(H,20,24)(H,21,25)(H,22,23)/t12-/m1/s1. The van der Waals surface area contributed by atoms with Gasteiger partial charge in [0.2, 0.25) is 0 Å². The van der Waals surface area contributed by atoms with Crippen molar-refractivity contribution >= 4 is 18.0 Å². The Morgan fingerprint density at radius 1 is 1.12 bits per heavy atom. The number of aliphatic carboxylic acids is 1. The second-order valence-electron chi connectivity index (χ2n) is 5.35. The van der Waals surface area contributed by atoms with Crippen LogP contribution in [0.25, 0.3) is 0 Å². The van der Waals surface area contributed by atoms with E-state index in [1.54, 1.807) is 35.6 Å². The van der Waals surface area contributed by atoms with Crippen LogP contribution in [0.3, 0.4) is 0 Å². The monoisotopic (exact) mass is 376 g/mol. The quantitative estimate of drug-likeness (QED) is 0.573. The van der Waals surface area contributed by atoms with Gasteiger partial charge in [-0.25, -0.2) is 9.59 Å². The Hall–Kier alpha value is -2.78. The van der Waals surface area contributed by atoms with Crippen molar-refractivity contribution in [2.24, 2.45) is 0 Å². The van der Waals surface area contributed by atoms with Crippen LogP contribution in [-0.2, 0) is 20.9 Å². The maximum absolute atomic E-state index is 12.0. The lowest BCUT2D eigenvalue weighted by Crippen LogP contribution is -2.41. The van der Waals surface area contributed by atoms with Gasteiger partial charge in [0.25, 0.3) is 0 Å². The van der Waals surface area contributed by atoms with Crippen molar-refractivity contribution in [2.45, 2.75) is 38.1 Å². The zero-order valence-corrected chi connectivity index (χ0v) is 13.7.